The lowest BCUT2D eigenvalue weighted by Gasteiger charge is -2.31. The van der Waals surface area contributed by atoms with Crippen LogP contribution in [0.1, 0.15) is 18.5 Å². The summed E-state index contributed by atoms with van der Waals surface area (Å²) in [7, 11) is 0. The van der Waals surface area contributed by atoms with Gasteiger partial charge in [-0.2, -0.15) is 5.10 Å². The Bertz CT molecular complexity index is 600. The average Bonchev–Trinajstić information content (AvgIpc) is 2.82. The van der Waals surface area contributed by atoms with E-state index in [4.69, 9.17) is 17.3 Å². The molecule has 0 amide bonds. The molecule has 4 nitrogen and oxygen atoms in total. The van der Waals surface area contributed by atoms with Crippen molar-refractivity contribution in [3.63, 3.8) is 0 Å². The number of halogens is 1. The van der Waals surface area contributed by atoms with E-state index in [0.29, 0.717) is 11.1 Å². The number of benzene rings is 1. The zero-order chi connectivity index (χ0) is 14.1. The fourth-order valence-electron chi connectivity index (χ4n) is 2.72. The number of piperidine rings is 1. The first-order valence-electron chi connectivity index (χ1n) is 6.97. The normalized spacial score (nSPS) is 16.6. The summed E-state index contributed by atoms with van der Waals surface area (Å²) in [5, 5.41) is 5.21. The monoisotopic (exact) mass is 290 g/mol. The van der Waals surface area contributed by atoms with Crippen molar-refractivity contribution in [2.24, 2.45) is 5.73 Å². The van der Waals surface area contributed by atoms with E-state index in [1.165, 1.54) is 5.69 Å². The molecule has 2 heterocycles. The quantitative estimate of drug-likeness (QED) is 0.925. The zero-order valence-corrected chi connectivity index (χ0v) is 12.3. The van der Waals surface area contributed by atoms with Gasteiger partial charge in [0.25, 0.3) is 0 Å². The lowest BCUT2D eigenvalue weighted by molar-refractivity contribution is 0.501. The minimum atomic E-state index is 0.338. The lowest BCUT2D eigenvalue weighted by Crippen LogP contribution is -2.39. The second kappa shape index (κ2) is 5.46. The highest BCUT2D eigenvalue weighted by atomic mass is 35.5. The first-order valence-corrected chi connectivity index (χ1v) is 7.34. The highest BCUT2D eigenvalue weighted by Gasteiger charge is 2.20. The second-order valence-electron chi connectivity index (χ2n) is 5.30. The van der Waals surface area contributed by atoms with E-state index in [2.05, 4.69) is 16.9 Å². The Morgan fingerprint density at radius 2 is 1.90 bits per heavy atom. The van der Waals surface area contributed by atoms with Gasteiger partial charge in [-0.1, -0.05) is 23.7 Å². The minimum Gasteiger partial charge on any atom is -0.369 e. The van der Waals surface area contributed by atoms with Gasteiger partial charge in [0.1, 0.15) is 0 Å². The van der Waals surface area contributed by atoms with Crippen molar-refractivity contribution in [3.8, 4) is 5.69 Å². The van der Waals surface area contributed by atoms with Gasteiger partial charge in [0, 0.05) is 19.1 Å². The van der Waals surface area contributed by atoms with E-state index in [1.54, 1.807) is 0 Å². The summed E-state index contributed by atoms with van der Waals surface area (Å²) in [6, 6.07) is 8.11. The molecule has 0 aliphatic carbocycles. The Morgan fingerprint density at radius 1 is 1.20 bits per heavy atom. The molecule has 5 heteroatoms. The highest BCUT2D eigenvalue weighted by molar-refractivity contribution is 6.32. The zero-order valence-electron chi connectivity index (χ0n) is 11.6. The summed E-state index contributed by atoms with van der Waals surface area (Å²) in [6.07, 6.45) is 4.00. The molecule has 0 radical (unpaired) electrons. The van der Waals surface area contributed by atoms with Crippen LogP contribution in [0.25, 0.3) is 5.69 Å². The molecule has 2 aromatic rings. The van der Waals surface area contributed by atoms with Gasteiger partial charge in [-0.05, 0) is 31.9 Å². The maximum absolute atomic E-state index is 6.25. The van der Waals surface area contributed by atoms with E-state index < -0.39 is 0 Å². The van der Waals surface area contributed by atoms with Crippen LogP contribution in [0, 0.1) is 6.92 Å². The largest absolute Gasteiger partial charge is 0.369 e. The molecule has 1 aromatic carbocycles. The predicted octanol–water partition coefficient (Wildman–Crippen LogP) is 2.76. The second-order valence-corrected chi connectivity index (χ2v) is 5.71. The Morgan fingerprint density at radius 3 is 2.60 bits per heavy atom. The average molecular weight is 291 g/mol. The van der Waals surface area contributed by atoms with Crippen molar-refractivity contribution in [1.29, 1.82) is 0 Å². The molecule has 106 valence electrons. The van der Waals surface area contributed by atoms with Gasteiger partial charge < -0.3 is 10.6 Å². The molecule has 1 aromatic heterocycles. The number of nitrogens with two attached hydrogens (primary N) is 1. The number of rotatable bonds is 2. The van der Waals surface area contributed by atoms with Gasteiger partial charge >= 0.3 is 0 Å². The highest BCUT2D eigenvalue weighted by Crippen LogP contribution is 2.27. The van der Waals surface area contributed by atoms with Gasteiger partial charge in [-0.3, -0.25) is 0 Å². The number of para-hydroxylation sites is 1. The van der Waals surface area contributed by atoms with Crippen molar-refractivity contribution < 1.29 is 0 Å². The molecule has 2 N–H and O–H groups in total. The summed E-state index contributed by atoms with van der Waals surface area (Å²) < 4.78 is 1.91. The molecular formula is C15H19ClN4. The Kier molecular flexibility index (Phi) is 3.68. The van der Waals surface area contributed by atoms with Crippen molar-refractivity contribution in [2.75, 3.05) is 18.0 Å². The summed E-state index contributed by atoms with van der Waals surface area (Å²) >= 11 is 6.25. The minimum absolute atomic E-state index is 0.338. The summed E-state index contributed by atoms with van der Waals surface area (Å²) in [5.74, 6) is 0. The molecule has 3 rings (SSSR count). The van der Waals surface area contributed by atoms with Crippen molar-refractivity contribution in [3.05, 3.63) is 41.2 Å². The standard InChI is InChI=1S/C15H19ClN4/c1-11-15(19-8-6-12(17)7-9-19)10-18-20(11)14-5-3-2-4-13(14)16/h2-5,10,12H,6-9,17H2,1H3. The molecule has 0 atom stereocenters. The fraction of sp³-hybridized carbons (Fsp3) is 0.400. The van der Waals surface area contributed by atoms with Crippen LogP contribution in [0.5, 0.6) is 0 Å². The van der Waals surface area contributed by atoms with Crippen LogP contribution >= 0.6 is 11.6 Å². The van der Waals surface area contributed by atoms with Crippen LogP contribution in [-0.4, -0.2) is 28.9 Å². The number of aromatic nitrogens is 2. The first-order chi connectivity index (χ1) is 9.66. The Hall–Kier alpha value is -1.52. The Labute approximate surface area is 124 Å². The van der Waals surface area contributed by atoms with Crippen LogP contribution in [0.2, 0.25) is 5.02 Å². The Balaban J connectivity index is 1.91. The van der Waals surface area contributed by atoms with Crippen molar-refractivity contribution >= 4 is 17.3 Å². The van der Waals surface area contributed by atoms with E-state index >= 15 is 0 Å². The lowest BCUT2D eigenvalue weighted by atomic mass is 10.1. The topological polar surface area (TPSA) is 47.1 Å². The molecular weight excluding hydrogens is 272 g/mol. The molecule has 20 heavy (non-hydrogen) atoms. The van der Waals surface area contributed by atoms with Crippen LogP contribution in [0.4, 0.5) is 5.69 Å². The van der Waals surface area contributed by atoms with Crippen molar-refractivity contribution in [2.45, 2.75) is 25.8 Å². The molecule has 1 fully saturated rings. The predicted molar refractivity (Wildman–Crippen MR) is 82.7 cm³/mol. The summed E-state index contributed by atoms with van der Waals surface area (Å²) in [6.45, 7) is 4.08. The number of hydrogen-bond donors (Lipinski definition) is 1. The molecule has 0 spiro atoms. The summed E-state index contributed by atoms with van der Waals surface area (Å²) in [5.41, 5.74) is 9.18. The van der Waals surface area contributed by atoms with Gasteiger partial charge in [0.05, 0.1) is 28.3 Å². The van der Waals surface area contributed by atoms with Gasteiger partial charge in [0.15, 0.2) is 0 Å². The van der Waals surface area contributed by atoms with E-state index in [-0.39, 0.29) is 0 Å². The third kappa shape index (κ3) is 2.41. The number of nitrogens with zero attached hydrogens (tertiary/aromatic N) is 3. The first kappa shape index (κ1) is 13.5. The molecule has 0 saturated carbocycles. The van der Waals surface area contributed by atoms with E-state index in [0.717, 1.165) is 37.3 Å². The smallest absolute Gasteiger partial charge is 0.0835 e. The fourth-order valence-corrected chi connectivity index (χ4v) is 2.93. The number of anilines is 1. The number of hydrogen-bond acceptors (Lipinski definition) is 3. The molecule has 1 saturated heterocycles. The molecule has 1 aliphatic rings. The molecule has 0 unspecified atom stereocenters. The third-order valence-electron chi connectivity index (χ3n) is 3.94. The maximum atomic E-state index is 6.25. The molecule has 0 bridgehead atoms. The summed E-state index contributed by atoms with van der Waals surface area (Å²) in [4.78, 5) is 2.36. The van der Waals surface area contributed by atoms with Gasteiger partial charge in [-0.15, -0.1) is 0 Å². The van der Waals surface area contributed by atoms with E-state index in [9.17, 15) is 0 Å². The SMILES string of the molecule is Cc1c(N2CCC(N)CC2)cnn1-c1ccccc1Cl. The third-order valence-corrected chi connectivity index (χ3v) is 4.26. The van der Waals surface area contributed by atoms with Crippen LogP contribution in [-0.2, 0) is 0 Å². The van der Waals surface area contributed by atoms with Crippen LogP contribution in [0.3, 0.4) is 0 Å². The van der Waals surface area contributed by atoms with Gasteiger partial charge in [-0.25, -0.2) is 4.68 Å². The van der Waals surface area contributed by atoms with Crippen LogP contribution in [0.15, 0.2) is 30.5 Å². The maximum Gasteiger partial charge on any atom is 0.0835 e. The van der Waals surface area contributed by atoms with Crippen molar-refractivity contribution in [1.82, 2.24) is 9.78 Å². The van der Waals surface area contributed by atoms with Gasteiger partial charge in [0.2, 0.25) is 0 Å². The van der Waals surface area contributed by atoms with Crippen LogP contribution < -0.4 is 10.6 Å². The molecule has 1 aliphatic heterocycles. The van der Waals surface area contributed by atoms with E-state index in [1.807, 2.05) is 35.1 Å².